The van der Waals surface area contributed by atoms with Gasteiger partial charge in [-0.1, -0.05) is 36.4 Å². The van der Waals surface area contributed by atoms with E-state index in [0.29, 0.717) is 5.69 Å². The number of nitrogens with zero attached hydrogens (tertiary/aromatic N) is 1. The second kappa shape index (κ2) is 4.81. The van der Waals surface area contributed by atoms with Crippen molar-refractivity contribution in [3.05, 3.63) is 60.2 Å². The molecule has 100 valence electrons. The van der Waals surface area contributed by atoms with Crippen LogP contribution in [-0.4, -0.2) is 11.9 Å². The summed E-state index contributed by atoms with van der Waals surface area (Å²) < 4.78 is 0. The Morgan fingerprint density at radius 2 is 1.70 bits per heavy atom. The van der Waals surface area contributed by atoms with Crippen LogP contribution in [0, 0.1) is 5.92 Å². The van der Waals surface area contributed by atoms with Crippen LogP contribution >= 0.6 is 0 Å². The Bertz CT molecular complexity index is 666. The van der Waals surface area contributed by atoms with E-state index in [0.717, 1.165) is 11.3 Å². The van der Waals surface area contributed by atoms with Crippen molar-refractivity contribution in [1.29, 1.82) is 0 Å². The lowest BCUT2D eigenvalue weighted by atomic mass is 9.91. The lowest BCUT2D eigenvalue weighted by molar-refractivity contribution is -0.309. The quantitative estimate of drug-likeness (QED) is 0.769. The number of anilines is 2. The number of para-hydroxylation sites is 2. The summed E-state index contributed by atoms with van der Waals surface area (Å²) in [7, 11) is 0. The van der Waals surface area contributed by atoms with Gasteiger partial charge in [-0.3, -0.25) is 9.69 Å². The fourth-order valence-corrected chi connectivity index (χ4v) is 2.51. The van der Waals surface area contributed by atoms with Gasteiger partial charge >= 0.3 is 0 Å². The molecule has 0 bridgehead atoms. The average Bonchev–Trinajstić information content (AvgIpc) is 2.47. The van der Waals surface area contributed by atoms with E-state index in [1.807, 2.05) is 42.5 Å². The molecule has 2 aromatic carbocycles. The topological polar surface area (TPSA) is 60.4 Å². The van der Waals surface area contributed by atoms with Gasteiger partial charge in [0.2, 0.25) is 5.91 Å². The first-order valence-corrected chi connectivity index (χ1v) is 6.36. The molecule has 20 heavy (non-hydrogen) atoms. The highest BCUT2D eigenvalue weighted by molar-refractivity contribution is 6.11. The number of carbonyl (C=O) groups excluding carboxylic acids is 2. The third-order valence-corrected chi connectivity index (χ3v) is 3.47. The maximum absolute atomic E-state index is 12.4. The number of benzene rings is 2. The zero-order chi connectivity index (χ0) is 14.1. The molecule has 4 heteroatoms. The Kier molecular flexibility index (Phi) is 2.99. The van der Waals surface area contributed by atoms with E-state index in [1.165, 1.54) is 4.90 Å². The van der Waals surface area contributed by atoms with Gasteiger partial charge in [0.05, 0.1) is 17.6 Å². The normalized spacial score (nSPS) is 17.7. The van der Waals surface area contributed by atoms with Crippen LogP contribution in [0.2, 0.25) is 0 Å². The third kappa shape index (κ3) is 1.95. The number of fused-ring (bicyclic) bond motifs is 1. The van der Waals surface area contributed by atoms with E-state index in [9.17, 15) is 14.7 Å². The molecule has 0 aliphatic carbocycles. The number of carbonyl (C=O) groups is 2. The van der Waals surface area contributed by atoms with Crippen molar-refractivity contribution < 1.29 is 14.7 Å². The highest BCUT2D eigenvalue weighted by Crippen LogP contribution is 2.35. The lowest BCUT2D eigenvalue weighted by Crippen LogP contribution is -2.47. The summed E-state index contributed by atoms with van der Waals surface area (Å²) in [6.07, 6.45) is 0.181. The number of carboxylic acids is 1. The summed E-state index contributed by atoms with van der Waals surface area (Å²) in [6, 6.07) is 16.4. The van der Waals surface area contributed by atoms with Crippen molar-refractivity contribution in [2.24, 2.45) is 5.92 Å². The fourth-order valence-electron chi connectivity index (χ4n) is 2.51. The summed E-state index contributed by atoms with van der Waals surface area (Å²) in [5.41, 5.74) is 2.24. The molecule has 1 aliphatic rings. The van der Waals surface area contributed by atoms with Crippen LogP contribution in [0.4, 0.5) is 11.4 Å². The molecule has 3 rings (SSSR count). The highest BCUT2D eigenvalue weighted by atomic mass is 16.4. The Morgan fingerprint density at radius 3 is 2.40 bits per heavy atom. The van der Waals surface area contributed by atoms with Crippen molar-refractivity contribution in [3.63, 3.8) is 0 Å². The second-order valence-corrected chi connectivity index (χ2v) is 4.71. The molecule has 1 amide bonds. The number of rotatable bonds is 2. The minimum absolute atomic E-state index is 0.181. The van der Waals surface area contributed by atoms with Crippen LogP contribution in [0.15, 0.2) is 54.6 Å². The van der Waals surface area contributed by atoms with Crippen LogP contribution in [0.3, 0.4) is 0 Å². The van der Waals surface area contributed by atoms with E-state index < -0.39 is 17.8 Å². The summed E-state index contributed by atoms with van der Waals surface area (Å²) >= 11 is 0. The largest absolute Gasteiger partial charge is 0.549 e. The first-order valence-electron chi connectivity index (χ1n) is 6.36. The molecule has 4 nitrogen and oxygen atoms in total. The van der Waals surface area contributed by atoms with E-state index in [1.54, 1.807) is 12.1 Å². The SMILES string of the molecule is O=C([O-])C1Cc2ccccc2N(c2ccccc2)C1=O. The Balaban J connectivity index is 2.15. The molecule has 1 aliphatic heterocycles. The van der Waals surface area contributed by atoms with Gasteiger partial charge < -0.3 is 9.90 Å². The van der Waals surface area contributed by atoms with Gasteiger partial charge in [0, 0.05) is 5.69 Å². The van der Waals surface area contributed by atoms with Crippen LogP contribution in [-0.2, 0) is 16.0 Å². The molecule has 1 heterocycles. The van der Waals surface area contributed by atoms with Gasteiger partial charge in [-0.05, 0) is 30.2 Å². The molecule has 0 aromatic heterocycles. The fraction of sp³-hybridized carbons (Fsp3) is 0.125. The minimum Gasteiger partial charge on any atom is -0.549 e. The Hall–Kier alpha value is -2.62. The van der Waals surface area contributed by atoms with Crippen LogP contribution < -0.4 is 10.0 Å². The minimum atomic E-state index is -1.33. The summed E-state index contributed by atoms with van der Waals surface area (Å²) in [5, 5.41) is 11.2. The third-order valence-electron chi connectivity index (χ3n) is 3.47. The van der Waals surface area contributed by atoms with E-state index in [4.69, 9.17) is 0 Å². The monoisotopic (exact) mass is 266 g/mol. The molecule has 1 atom stereocenters. The summed E-state index contributed by atoms with van der Waals surface area (Å²) in [6.45, 7) is 0. The van der Waals surface area contributed by atoms with Gasteiger partial charge in [0.25, 0.3) is 0 Å². The smallest absolute Gasteiger partial charge is 0.240 e. The summed E-state index contributed by atoms with van der Waals surface area (Å²) in [5.74, 6) is -2.91. The van der Waals surface area contributed by atoms with Crippen molar-refractivity contribution >= 4 is 23.3 Å². The van der Waals surface area contributed by atoms with Crippen LogP contribution in [0.25, 0.3) is 0 Å². The summed E-state index contributed by atoms with van der Waals surface area (Å²) in [4.78, 5) is 25.1. The zero-order valence-corrected chi connectivity index (χ0v) is 10.7. The van der Waals surface area contributed by atoms with Crippen molar-refractivity contribution in [1.82, 2.24) is 0 Å². The van der Waals surface area contributed by atoms with Gasteiger partial charge in [-0.2, -0.15) is 0 Å². The Morgan fingerprint density at radius 1 is 1.05 bits per heavy atom. The van der Waals surface area contributed by atoms with Crippen molar-refractivity contribution in [2.45, 2.75) is 6.42 Å². The molecule has 0 N–H and O–H groups in total. The number of carboxylic acid groups (broad SMARTS) is 1. The molecule has 1 unspecified atom stereocenters. The lowest BCUT2D eigenvalue weighted by Gasteiger charge is -2.34. The van der Waals surface area contributed by atoms with E-state index in [-0.39, 0.29) is 6.42 Å². The van der Waals surface area contributed by atoms with Gasteiger partial charge in [-0.15, -0.1) is 0 Å². The zero-order valence-electron chi connectivity index (χ0n) is 10.7. The second-order valence-electron chi connectivity index (χ2n) is 4.71. The maximum atomic E-state index is 12.4. The number of aliphatic carboxylic acids is 1. The Labute approximate surface area is 116 Å². The molecule has 0 saturated heterocycles. The predicted octanol–water partition coefficient (Wildman–Crippen LogP) is 1.27. The molecule has 0 fully saturated rings. The molecule has 0 radical (unpaired) electrons. The van der Waals surface area contributed by atoms with Gasteiger partial charge in [0.1, 0.15) is 0 Å². The standard InChI is InChI=1S/C16H13NO3/c18-15-13(16(19)20)10-11-6-4-5-9-14(11)17(15)12-7-2-1-3-8-12/h1-9,13H,10H2,(H,19,20)/p-1. The molecule has 0 spiro atoms. The molecule has 2 aromatic rings. The van der Waals surface area contributed by atoms with Gasteiger partial charge in [0.15, 0.2) is 0 Å². The van der Waals surface area contributed by atoms with Crippen LogP contribution in [0.5, 0.6) is 0 Å². The maximum Gasteiger partial charge on any atom is 0.240 e. The average molecular weight is 266 g/mol. The molecule has 0 saturated carbocycles. The molecular formula is C16H12NO3-. The first kappa shape index (κ1) is 12.4. The van der Waals surface area contributed by atoms with Gasteiger partial charge in [-0.25, -0.2) is 0 Å². The first-order chi connectivity index (χ1) is 9.68. The van der Waals surface area contributed by atoms with E-state index in [2.05, 4.69) is 0 Å². The predicted molar refractivity (Wildman–Crippen MR) is 72.2 cm³/mol. The van der Waals surface area contributed by atoms with Crippen molar-refractivity contribution in [3.8, 4) is 0 Å². The van der Waals surface area contributed by atoms with Crippen LogP contribution in [0.1, 0.15) is 5.56 Å². The molecular weight excluding hydrogens is 254 g/mol. The number of hydrogen-bond donors (Lipinski definition) is 0. The van der Waals surface area contributed by atoms with Crippen molar-refractivity contribution in [2.75, 3.05) is 4.90 Å². The number of amides is 1. The number of hydrogen-bond acceptors (Lipinski definition) is 3. The highest BCUT2D eigenvalue weighted by Gasteiger charge is 2.34. The van der Waals surface area contributed by atoms with E-state index >= 15 is 0 Å².